The Morgan fingerprint density at radius 2 is 1.83 bits per heavy atom. The van der Waals surface area contributed by atoms with Crippen molar-refractivity contribution in [2.45, 2.75) is 45.2 Å². The molecule has 6 heteroatoms. The second-order valence-electron chi connectivity index (χ2n) is 10.3. The number of carbonyl (C=O) groups is 2. The van der Waals surface area contributed by atoms with Crippen molar-refractivity contribution in [2.24, 2.45) is 5.92 Å². The van der Waals surface area contributed by atoms with Crippen LogP contribution < -0.4 is 5.32 Å². The van der Waals surface area contributed by atoms with Crippen LogP contribution in [0.2, 0.25) is 0 Å². The summed E-state index contributed by atoms with van der Waals surface area (Å²) >= 11 is 1.62. The number of rotatable bonds is 8. The van der Waals surface area contributed by atoms with Gasteiger partial charge in [0.15, 0.2) is 0 Å². The quantitative estimate of drug-likeness (QED) is 0.429. The van der Waals surface area contributed by atoms with Crippen LogP contribution in [0.4, 0.5) is 0 Å². The zero-order chi connectivity index (χ0) is 25.1. The Hall–Kier alpha value is -2.96. The topological polar surface area (TPSA) is 52.7 Å². The Labute approximate surface area is 218 Å². The Morgan fingerprint density at radius 3 is 2.61 bits per heavy atom. The van der Waals surface area contributed by atoms with Crippen LogP contribution >= 0.6 is 11.3 Å². The molecule has 3 aromatic rings. The average Bonchev–Trinajstić information content (AvgIpc) is 3.42. The lowest BCUT2D eigenvalue weighted by atomic mass is 9.81. The van der Waals surface area contributed by atoms with Gasteiger partial charge in [-0.25, -0.2) is 0 Å². The highest BCUT2D eigenvalue weighted by Crippen LogP contribution is 2.44. The molecule has 2 aliphatic rings. The van der Waals surface area contributed by atoms with Crippen molar-refractivity contribution in [3.05, 3.63) is 93.2 Å². The van der Waals surface area contributed by atoms with Crippen LogP contribution in [0.5, 0.6) is 0 Å². The van der Waals surface area contributed by atoms with Crippen molar-refractivity contribution >= 4 is 23.2 Å². The lowest BCUT2D eigenvalue weighted by Gasteiger charge is -2.42. The highest BCUT2D eigenvalue weighted by atomic mass is 32.1. The lowest BCUT2D eigenvalue weighted by molar-refractivity contribution is -0.124. The first-order chi connectivity index (χ1) is 17.5. The Morgan fingerprint density at radius 1 is 1.06 bits per heavy atom. The van der Waals surface area contributed by atoms with Gasteiger partial charge in [-0.1, -0.05) is 62.4 Å². The highest BCUT2D eigenvalue weighted by Gasteiger charge is 2.44. The normalized spacial score (nSPS) is 19.8. The van der Waals surface area contributed by atoms with E-state index in [2.05, 4.69) is 54.4 Å². The Balaban J connectivity index is 1.30. The summed E-state index contributed by atoms with van der Waals surface area (Å²) in [6.45, 7) is 8.49. The standard InChI is InChI=1S/C30H35N3O2S/c1-21(2)19-33-28(26-13-7-18-36-26)27(24-11-5-6-12-25(24)30(33)35)29(34)31-15-8-16-32-17-14-22-9-3-4-10-23(22)20-32/h3-7,9-13,18,21,27-28H,8,14-17,19-20H2,1-2H3,(H,31,34). The fraction of sp³-hybridized carbons (Fsp3) is 0.400. The molecular formula is C30H35N3O2S. The molecule has 188 valence electrons. The van der Waals surface area contributed by atoms with E-state index in [0.717, 1.165) is 42.9 Å². The zero-order valence-electron chi connectivity index (χ0n) is 21.2. The molecule has 3 heterocycles. The summed E-state index contributed by atoms with van der Waals surface area (Å²) in [6.07, 6.45) is 1.99. The monoisotopic (exact) mass is 501 g/mol. The number of fused-ring (bicyclic) bond motifs is 2. The van der Waals surface area contributed by atoms with Crippen LogP contribution in [0.1, 0.15) is 64.2 Å². The van der Waals surface area contributed by atoms with Gasteiger partial charge in [-0.2, -0.15) is 0 Å². The van der Waals surface area contributed by atoms with E-state index in [9.17, 15) is 9.59 Å². The van der Waals surface area contributed by atoms with E-state index < -0.39 is 5.92 Å². The molecule has 0 saturated carbocycles. The average molecular weight is 502 g/mol. The molecule has 1 aromatic heterocycles. The summed E-state index contributed by atoms with van der Waals surface area (Å²) in [4.78, 5) is 32.8. The van der Waals surface area contributed by atoms with Gasteiger partial charge in [-0.3, -0.25) is 14.5 Å². The van der Waals surface area contributed by atoms with E-state index in [1.54, 1.807) is 11.3 Å². The third kappa shape index (κ3) is 5.11. The molecule has 0 saturated heterocycles. The van der Waals surface area contributed by atoms with Gasteiger partial charge < -0.3 is 10.2 Å². The van der Waals surface area contributed by atoms with Gasteiger partial charge in [0.25, 0.3) is 5.91 Å². The number of nitrogens with zero attached hydrogens (tertiary/aromatic N) is 2. The first kappa shape index (κ1) is 24.7. The van der Waals surface area contributed by atoms with E-state index >= 15 is 0 Å². The molecule has 2 aromatic carbocycles. The van der Waals surface area contributed by atoms with Crippen molar-refractivity contribution in [1.29, 1.82) is 0 Å². The minimum absolute atomic E-state index is 0.00564. The lowest BCUT2D eigenvalue weighted by Crippen LogP contribution is -2.48. The van der Waals surface area contributed by atoms with E-state index in [0.29, 0.717) is 24.6 Å². The van der Waals surface area contributed by atoms with Crippen molar-refractivity contribution in [3.8, 4) is 0 Å². The summed E-state index contributed by atoms with van der Waals surface area (Å²) in [5, 5.41) is 5.26. The molecule has 36 heavy (non-hydrogen) atoms. The molecule has 2 aliphatic heterocycles. The molecule has 0 fully saturated rings. The molecule has 0 radical (unpaired) electrons. The van der Waals surface area contributed by atoms with Crippen LogP contribution in [-0.2, 0) is 17.8 Å². The van der Waals surface area contributed by atoms with Crippen molar-refractivity contribution in [3.63, 3.8) is 0 Å². The van der Waals surface area contributed by atoms with Gasteiger partial charge >= 0.3 is 0 Å². The number of benzene rings is 2. The molecule has 5 rings (SSSR count). The molecule has 1 N–H and O–H groups in total. The summed E-state index contributed by atoms with van der Waals surface area (Å²) in [6, 6.07) is 20.1. The summed E-state index contributed by atoms with van der Waals surface area (Å²) in [5.74, 6) is -0.0866. The van der Waals surface area contributed by atoms with E-state index in [1.165, 1.54) is 11.1 Å². The van der Waals surface area contributed by atoms with Gasteiger partial charge in [-0.15, -0.1) is 11.3 Å². The van der Waals surface area contributed by atoms with Gasteiger partial charge in [0, 0.05) is 43.2 Å². The first-order valence-corrected chi connectivity index (χ1v) is 13.9. The summed E-state index contributed by atoms with van der Waals surface area (Å²) in [7, 11) is 0. The van der Waals surface area contributed by atoms with Crippen LogP contribution in [0.25, 0.3) is 0 Å². The van der Waals surface area contributed by atoms with Crippen LogP contribution in [0.3, 0.4) is 0 Å². The van der Waals surface area contributed by atoms with Crippen molar-refractivity contribution < 1.29 is 9.59 Å². The molecular weight excluding hydrogens is 466 g/mol. The van der Waals surface area contributed by atoms with Gasteiger partial charge in [0.2, 0.25) is 5.91 Å². The Bertz CT molecular complexity index is 1210. The van der Waals surface area contributed by atoms with Crippen molar-refractivity contribution in [1.82, 2.24) is 15.1 Å². The molecule has 0 aliphatic carbocycles. The van der Waals surface area contributed by atoms with Crippen LogP contribution in [0.15, 0.2) is 66.0 Å². The maximum atomic E-state index is 13.8. The van der Waals surface area contributed by atoms with Gasteiger partial charge in [0.1, 0.15) is 0 Å². The molecule has 2 unspecified atom stereocenters. The number of amides is 2. The number of carbonyl (C=O) groups excluding carboxylic acids is 2. The summed E-state index contributed by atoms with van der Waals surface area (Å²) in [5.41, 5.74) is 4.36. The Kier molecular flexibility index (Phi) is 7.54. The van der Waals surface area contributed by atoms with Crippen LogP contribution in [0, 0.1) is 5.92 Å². The minimum atomic E-state index is -0.418. The number of nitrogens with one attached hydrogen (secondary N) is 1. The number of hydrogen-bond donors (Lipinski definition) is 1. The van der Waals surface area contributed by atoms with E-state index in [4.69, 9.17) is 0 Å². The molecule has 0 bridgehead atoms. The number of hydrogen-bond acceptors (Lipinski definition) is 4. The number of thiophene rings is 1. The highest BCUT2D eigenvalue weighted by molar-refractivity contribution is 7.10. The maximum Gasteiger partial charge on any atom is 0.254 e. The second-order valence-corrected chi connectivity index (χ2v) is 11.3. The fourth-order valence-corrected chi connectivity index (χ4v) is 6.49. The molecule has 0 spiro atoms. The van der Waals surface area contributed by atoms with E-state index in [-0.39, 0.29) is 17.9 Å². The summed E-state index contributed by atoms with van der Waals surface area (Å²) < 4.78 is 0. The van der Waals surface area contributed by atoms with Gasteiger partial charge in [0.05, 0.1) is 12.0 Å². The largest absolute Gasteiger partial charge is 0.355 e. The van der Waals surface area contributed by atoms with Crippen molar-refractivity contribution in [2.75, 3.05) is 26.2 Å². The first-order valence-electron chi connectivity index (χ1n) is 13.0. The molecule has 5 nitrogen and oxygen atoms in total. The molecule has 2 atom stereocenters. The zero-order valence-corrected chi connectivity index (χ0v) is 22.0. The smallest absolute Gasteiger partial charge is 0.254 e. The van der Waals surface area contributed by atoms with Crippen LogP contribution in [-0.4, -0.2) is 47.8 Å². The predicted molar refractivity (Wildman–Crippen MR) is 145 cm³/mol. The third-order valence-corrected chi connectivity index (χ3v) is 8.22. The second kappa shape index (κ2) is 11.0. The molecule has 2 amide bonds. The maximum absolute atomic E-state index is 13.8. The minimum Gasteiger partial charge on any atom is -0.355 e. The van der Waals surface area contributed by atoms with Gasteiger partial charge in [-0.05, 0) is 53.0 Å². The van der Waals surface area contributed by atoms with E-state index in [1.807, 2.05) is 40.6 Å². The fourth-order valence-electron chi connectivity index (χ4n) is 5.62. The third-order valence-electron chi connectivity index (χ3n) is 7.28. The predicted octanol–water partition coefficient (Wildman–Crippen LogP) is 5.25. The SMILES string of the molecule is CC(C)CN1C(=O)c2ccccc2C(C(=O)NCCCN2CCc3ccccc3C2)C1c1cccs1.